The quantitative estimate of drug-likeness (QED) is 0.713. The zero-order chi connectivity index (χ0) is 18.2. The molecule has 1 saturated heterocycles. The van der Waals surface area contributed by atoms with Crippen LogP contribution in [0, 0.1) is 0 Å². The fourth-order valence-electron chi connectivity index (χ4n) is 2.67. The zero-order valence-corrected chi connectivity index (χ0v) is 14.9. The van der Waals surface area contributed by atoms with Gasteiger partial charge in [-0.2, -0.15) is 0 Å². The minimum atomic E-state index is -0.946. The van der Waals surface area contributed by atoms with Crippen molar-refractivity contribution < 1.29 is 19.4 Å². The highest BCUT2D eigenvalue weighted by atomic mass is 16.5. The first kappa shape index (κ1) is 19.4. The summed E-state index contributed by atoms with van der Waals surface area (Å²) in [5.74, 6) is -1.13. The molecule has 2 N–H and O–H groups in total. The molecule has 2 rings (SSSR count). The Hall–Kier alpha value is -1.96. The van der Waals surface area contributed by atoms with Crippen molar-refractivity contribution in [3.63, 3.8) is 0 Å². The molecule has 1 fully saturated rings. The average molecular weight is 349 g/mol. The minimum absolute atomic E-state index is 0.162. The molecule has 1 aliphatic rings. The fraction of sp³-hybridized carbons (Fsp3) is 0.556. The highest BCUT2D eigenvalue weighted by molar-refractivity contribution is 5.82. The van der Waals surface area contributed by atoms with Gasteiger partial charge in [-0.05, 0) is 25.1 Å². The summed E-state index contributed by atoms with van der Waals surface area (Å²) in [5, 5.41) is 11.6. The number of carbonyl (C=O) groups excluding carboxylic acids is 1. The van der Waals surface area contributed by atoms with E-state index in [2.05, 4.69) is 22.3 Å². The van der Waals surface area contributed by atoms with Crippen LogP contribution in [0.4, 0.5) is 0 Å². The van der Waals surface area contributed by atoms with Gasteiger partial charge in [-0.3, -0.25) is 19.4 Å². The van der Waals surface area contributed by atoms with Gasteiger partial charge in [-0.15, -0.1) is 0 Å². The number of hydrogen-bond acceptors (Lipinski definition) is 5. The first-order valence-corrected chi connectivity index (χ1v) is 8.53. The molecule has 7 nitrogen and oxygen atoms in total. The molecule has 7 heteroatoms. The number of rotatable bonds is 8. The Morgan fingerprint density at radius 3 is 2.44 bits per heavy atom. The van der Waals surface area contributed by atoms with E-state index in [1.54, 1.807) is 14.0 Å². The fourth-order valence-corrected chi connectivity index (χ4v) is 2.67. The topological polar surface area (TPSA) is 82.1 Å². The van der Waals surface area contributed by atoms with E-state index in [-0.39, 0.29) is 12.5 Å². The number of carboxylic acid groups (broad SMARTS) is 1. The summed E-state index contributed by atoms with van der Waals surface area (Å²) in [6.45, 7) is 6.37. The van der Waals surface area contributed by atoms with Crippen LogP contribution in [0.2, 0.25) is 0 Å². The monoisotopic (exact) mass is 349 g/mol. The number of ether oxygens (including phenoxy) is 1. The molecule has 1 aromatic rings. The lowest BCUT2D eigenvalue weighted by molar-refractivity contribution is -0.139. The molecule has 0 bridgehead atoms. The highest BCUT2D eigenvalue weighted by Crippen LogP contribution is 2.09. The van der Waals surface area contributed by atoms with Crippen LogP contribution in [0.3, 0.4) is 0 Å². The van der Waals surface area contributed by atoms with Gasteiger partial charge in [0, 0.05) is 26.2 Å². The number of nitrogens with one attached hydrogen (secondary N) is 1. The number of carbonyl (C=O) groups is 2. The number of carboxylic acids is 1. The SMILES string of the molecule is CC(C(=O)NCc1ccc(CN2CCOCC2)cc1)N(C)CC(=O)O. The Labute approximate surface area is 148 Å². The van der Waals surface area contributed by atoms with Gasteiger partial charge in [0.15, 0.2) is 0 Å². The minimum Gasteiger partial charge on any atom is -0.480 e. The third-order valence-electron chi connectivity index (χ3n) is 4.42. The molecule has 1 aliphatic heterocycles. The lowest BCUT2D eigenvalue weighted by Crippen LogP contribution is -2.44. The molecule has 0 radical (unpaired) electrons. The number of amides is 1. The van der Waals surface area contributed by atoms with Crippen LogP contribution >= 0.6 is 0 Å². The van der Waals surface area contributed by atoms with Gasteiger partial charge in [-0.1, -0.05) is 24.3 Å². The normalized spacial score (nSPS) is 16.6. The number of hydrogen-bond donors (Lipinski definition) is 2. The summed E-state index contributed by atoms with van der Waals surface area (Å²) >= 11 is 0. The molecule has 1 aromatic carbocycles. The van der Waals surface area contributed by atoms with Crippen molar-refractivity contribution in [3.8, 4) is 0 Å². The van der Waals surface area contributed by atoms with Crippen molar-refractivity contribution >= 4 is 11.9 Å². The second kappa shape index (κ2) is 9.50. The largest absolute Gasteiger partial charge is 0.480 e. The van der Waals surface area contributed by atoms with Crippen LogP contribution in [0.5, 0.6) is 0 Å². The third-order valence-corrected chi connectivity index (χ3v) is 4.42. The first-order chi connectivity index (χ1) is 12.0. The maximum atomic E-state index is 12.1. The van der Waals surface area contributed by atoms with Crippen LogP contribution in [-0.2, 0) is 27.4 Å². The van der Waals surface area contributed by atoms with Crippen molar-refractivity contribution in [2.24, 2.45) is 0 Å². The smallest absolute Gasteiger partial charge is 0.317 e. The summed E-state index contributed by atoms with van der Waals surface area (Å²) in [4.78, 5) is 26.7. The molecule has 138 valence electrons. The Morgan fingerprint density at radius 1 is 1.24 bits per heavy atom. The number of morpholine rings is 1. The van der Waals surface area contributed by atoms with E-state index in [1.807, 2.05) is 12.1 Å². The van der Waals surface area contributed by atoms with Gasteiger partial charge in [0.2, 0.25) is 5.91 Å². The molecule has 0 aliphatic carbocycles. The Morgan fingerprint density at radius 2 is 1.84 bits per heavy atom. The molecule has 0 spiro atoms. The van der Waals surface area contributed by atoms with Crippen molar-refractivity contribution in [2.45, 2.75) is 26.1 Å². The van der Waals surface area contributed by atoms with Gasteiger partial charge in [-0.25, -0.2) is 0 Å². The van der Waals surface area contributed by atoms with Gasteiger partial charge >= 0.3 is 5.97 Å². The standard InChI is InChI=1S/C18H27N3O4/c1-14(20(2)13-17(22)23)18(24)19-11-15-3-5-16(6-4-15)12-21-7-9-25-10-8-21/h3-6,14H,7-13H2,1-2H3,(H,19,24)(H,22,23). The molecule has 0 aromatic heterocycles. The van der Waals surface area contributed by atoms with E-state index in [4.69, 9.17) is 9.84 Å². The Kier molecular flexibility index (Phi) is 7.36. The first-order valence-electron chi connectivity index (χ1n) is 8.53. The molecular formula is C18H27N3O4. The maximum absolute atomic E-state index is 12.1. The van der Waals surface area contributed by atoms with Gasteiger partial charge in [0.05, 0.1) is 25.8 Å². The lowest BCUT2D eigenvalue weighted by atomic mass is 10.1. The van der Waals surface area contributed by atoms with Crippen molar-refractivity contribution in [1.29, 1.82) is 0 Å². The van der Waals surface area contributed by atoms with Crippen molar-refractivity contribution in [2.75, 3.05) is 39.9 Å². The molecular weight excluding hydrogens is 322 g/mol. The third kappa shape index (κ3) is 6.45. The summed E-state index contributed by atoms with van der Waals surface area (Å²) < 4.78 is 5.35. The predicted molar refractivity (Wildman–Crippen MR) is 94.1 cm³/mol. The van der Waals surface area contributed by atoms with Crippen LogP contribution in [0.15, 0.2) is 24.3 Å². The molecule has 25 heavy (non-hydrogen) atoms. The summed E-state index contributed by atoms with van der Waals surface area (Å²) in [6.07, 6.45) is 0. The van der Waals surface area contributed by atoms with E-state index < -0.39 is 12.0 Å². The van der Waals surface area contributed by atoms with E-state index in [9.17, 15) is 9.59 Å². The van der Waals surface area contributed by atoms with Gasteiger partial charge < -0.3 is 15.2 Å². The molecule has 1 amide bonds. The lowest BCUT2D eigenvalue weighted by Gasteiger charge is -2.26. The Bertz CT molecular complexity index is 570. The van der Waals surface area contributed by atoms with Crippen molar-refractivity contribution in [1.82, 2.24) is 15.1 Å². The molecule has 1 atom stereocenters. The van der Waals surface area contributed by atoms with Gasteiger partial charge in [0.1, 0.15) is 0 Å². The molecule has 1 unspecified atom stereocenters. The molecule has 0 saturated carbocycles. The predicted octanol–water partition coefficient (Wildman–Crippen LogP) is 0.540. The summed E-state index contributed by atoms with van der Waals surface area (Å²) in [7, 11) is 1.62. The zero-order valence-electron chi connectivity index (χ0n) is 14.9. The summed E-state index contributed by atoms with van der Waals surface area (Å²) in [5.41, 5.74) is 2.26. The number of likely N-dealkylation sites (N-methyl/N-ethyl adjacent to an activating group) is 1. The van der Waals surface area contributed by atoms with E-state index in [0.717, 1.165) is 38.4 Å². The second-order valence-corrected chi connectivity index (χ2v) is 6.41. The van der Waals surface area contributed by atoms with Crippen LogP contribution < -0.4 is 5.32 Å². The number of benzene rings is 1. The number of aliphatic carboxylic acids is 1. The molecule has 1 heterocycles. The van der Waals surface area contributed by atoms with Gasteiger partial charge in [0.25, 0.3) is 0 Å². The number of nitrogens with zero attached hydrogens (tertiary/aromatic N) is 2. The van der Waals surface area contributed by atoms with Crippen molar-refractivity contribution in [3.05, 3.63) is 35.4 Å². The van der Waals surface area contributed by atoms with Crippen LogP contribution in [0.1, 0.15) is 18.1 Å². The second-order valence-electron chi connectivity index (χ2n) is 6.41. The Balaban J connectivity index is 1.78. The van der Waals surface area contributed by atoms with Crippen LogP contribution in [-0.4, -0.2) is 72.7 Å². The average Bonchev–Trinajstić information content (AvgIpc) is 2.60. The van der Waals surface area contributed by atoms with Crippen LogP contribution in [0.25, 0.3) is 0 Å². The summed E-state index contributed by atoms with van der Waals surface area (Å²) in [6, 6.07) is 7.70. The maximum Gasteiger partial charge on any atom is 0.317 e. The van der Waals surface area contributed by atoms with E-state index in [0.29, 0.717) is 6.54 Å². The van der Waals surface area contributed by atoms with E-state index in [1.165, 1.54) is 10.5 Å². The van der Waals surface area contributed by atoms with E-state index >= 15 is 0 Å². The highest BCUT2D eigenvalue weighted by Gasteiger charge is 2.19.